The largest absolute Gasteiger partial charge is 0.332 e. The lowest BCUT2D eigenvalue weighted by molar-refractivity contribution is 0.428. The molecule has 0 aliphatic carbocycles. The van der Waals surface area contributed by atoms with Gasteiger partial charge in [-0.3, -0.25) is 4.79 Å². The van der Waals surface area contributed by atoms with Gasteiger partial charge in [-0.05, 0) is 25.0 Å². The van der Waals surface area contributed by atoms with E-state index in [1.54, 1.807) is 6.07 Å². The molecule has 0 N–H and O–H groups in total. The van der Waals surface area contributed by atoms with Crippen LogP contribution in [-0.2, 0) is 13.0 Å². The molecule has 0 aliphatic heterocycles. The van der Waals surface area contributed by atoms with Crippen molar-refractivity contribution in [1.29, 1.82) is 0 Å². The lowest BCUT2D eigenvalue weighted by atomic mass is 10.1. The summed E-state index contributed by atoms with van der Waals surface area (Å²) in [6.07, 6.45) is 0.718. The Morgan fingerprint density at radius 3 is 2.52 bits per heavy atom. The van der Waals surface area contributed by atoms with Crippen LogP contribution in [0.2, 0.25) is 0 Å². The van der Waals surface area contributed by atoms with Crippen LogP contribution in [0.4, 0.5) is 0 Å². The van der Waals surface area contributed by atoms with Crippen molar-refractivity contribution in [2.45, 2.75) is 19.9 Å². The fourth-order valence-electron chi connectivity index (χ4n) is 2.75. The summed E-state index contributed by atoms with van der Waals surface area (Å²) < 4.78 is 6.78. The van der Waals surface area contributed by atoms with E-state index in [9.17, 15) is 4.79 Å². The van der Waals surface area contributed by atoms with E-state index in [-0.39, 0.29) is 5.56 Å². The predicted molar refractivity (Wildman–Crippen MR) is 102 cm³/mol. The summed E-state index contributed by atoms with van der Waals surface area (Å²) in [6.45, 7) is 2.50. The van der Waals surface area contributed by atoms with Gasteiger partial charge in [0, 0.05) is 18.2 Å². The second-order valence-electron chi connectivity index (χ2n) is 6.30. The van der Waals surface area contributed by atoms with Gasteiger partial charge in [0.15, 0.2) is 0 Å². The topological polar surface area (TPSA) is 73.8 Å². The first-order valence-electron chi connectivity index (χ1n) is 8.72. The van der Waals surface area contributed by atoms with Gasteiger partial charge in [0.05, 0.1) is 0 Å². The molecule has 0 radical (unpaired) electrons. The second-order valence-corrected chi connectivity index (χ2v) is 6.30. The van der Waals surface area contributed by atoms with Crippen molar-refractivity contribution in [3.8, 4) is 23.0 Å². The van der Waals surface area contributed by atoms with Gasteiger partial charge in [-0.2, -0.15) is 10.1 Å². The molecule has 0 atom stereocenters. The molecule has 0 saturated carbocycles. The molecule has 134 valence electrons. The molecule has 2 heterocycles. The number of rotatable bonds is 5. The van der Waals surface area contributed by atoms with Crippen LogP contribution in [0.25, 0.3) is 23.0 Å². The average molecular weight is 358 g/mol. The van der Waals surface area contributed by atoms with Crippen molar-refractivity contribution in [1.82, 2.24) is 19.9 Å². The van der Waals surface area contributed by atoms with E-state index in [2.05, 4.69) is 15.2 Å². The highest BCUT2D eigenvalue weighted by molar-refractivity contribution is 5.57. The zero-order valence-corrected chi connectivity index (χ0v) is 14.9. The SMILES string of the molecule is Cc1ccc(-c2noc(-c3ccc(=O)n(CCc4ccccc4)n3)n2)cc1. The third kappa shape index (κ3) is 3.84. The van der Waals surface area contributed by atoms with Crippen molar-refractivity contribution in [3.05, 3.63) is 88.2 Å². The van der Waals surface area contributed by atoms with E-state index in [1.165, 1.54) is 10.7 Å². The molecular formula is C21H18N4O2. The molecular weight excluding hydrogens is 340 g/mol. The Hall–Kier alpha value is -3.54. The zero-order chi connectivity index (χ0) is 18.6. The minimum absolute atomic E-state index is 0.159. The van der Waals surface area contributed by atoms with E-state index < -0.39 is 0 Å². The quantitative estimate of drug-likeness (QED) is 0.546. The highest BCUT2D eigenvalue weighted by Gasteiger charge is 2.13. The van der Waals surface area contributed by atoms with Crippen LogP contribution in [0.5, 0.6) is 0 Å². The van der Waals surface area contributed by atoms with Crippen LogP contribution >= 0.6 is 0 Å². The van der Waals surface area contributed by atoms with Gasteiger partial charge in [-0.25, -0.2) is 4.68 Å². The van der Waals surface area contributed by atoms with Gasteiger partial charge in [0.25, 0.3) is 11.4 Å². The highest BCUT2D eigenvalue weighted by Crippen LogP contribution is 2.20. The van der Waals surface area contributed by atoms with E-state index in [1.807, 2.05) is 61.5 Å². The third-order valence-electron chi connectivity index (χ3n) is 4.28. The number of hydrogen-bond donors (Lipinski definition) is 0. The molecule has 2 aromatic heterocycles. The first kappa shape index (κ1) is 16.9. The van der Waals surface area contributed by atoms with Gasteiger partial charge in [-0.1, -0.05) is 65.3 Å². The first-order chi connectivity index (χ1) is 13.2. The molecule has 0 bridgehead atoms. The van der Waals surface area contributed by atoms with Crippen LogP contribution in [0.3, 0.4) is 0 Å². The Balaban J connectivity index is 1.57. The Labute approximate surface area is 156 Å². The van der Waals surface area contributed by atoms with Gasteiger partial charge >= 0.3 is 0 Å². The van der Waals surface area contributed by atoms with Crippen LogP contribution in [-0.4, -0.2) is 19.9 Å². The summed E-state index contributed by atoms with van der Waals surface area (Å²) in [5.74, 6) is 0.785. The molecule has 6 heteroatoms. The number of aryl methyl sites for hydroxylation is 3. The van der Waals surface area contributed by atoms with E-state index >= 15 is 0 Å². The maximum absolute atomic E-state index is 12.1. The van der Waals surface area contributed by atoms with Gasteiger partial charge in [0.2, 0.25) is 5.82 Å². The Morgan fingerprint density at radius 2 is 1.74 bits per heavy atom. The minimum atomic E-state index is -0.159. The number of hydrogen-bond acceptors (Lipinski definition) is 5. The molecule has 0 aliphatic rings. The average Bonchev–Trinajstić information content (AvgIpc) is 3.19. The van der Waals surface area contributed by atoms with Gasteiger partial charge in [0.1, 0.15) is 5.69 Å². The van der Waals surface area contributed by atoms with Crippen molar-refractivity contribution in [2.24, 2.45) is 0 Å². The number of nitrogens with zero attached hydrogens (tertiary/aromatic N) is 4. The second kappa shape index (κ2) is 7.37. The molecule has 0 fully saturated rings. The minimum Gasteiger partial charge on any atom is -0.332 e. The highest BCUT2D eigenvalue weighted by atomic mass is 16.5. The first-order valence-corrected chi connectivity index (χ1v) is 8.72. The summed E-state index contributed by atoms with van der Waals surface area (Å²) in [4.78, 5) is 16.5. The van der Waals surface area contributed by atoms with Crippen LogP contribution in [0.15, 0.2) is 76.0 Å². The fourth-order valence-corrected chi connectivity index (χ4v) is 2.75. The standard InChI is InChI=1S/C21H18N4O2/c1-15-7-9-17(10-8-15)20-22-21(27-24-20)18-11-12-19(26)25(23-18)14-13-16-5-3-2-4-6-16/h2-12H,13-14H2,1H3. The maximum Gasteiger partial charge on any atom is 0.278 e. The van der Waals surface area contributed by atoms with Crippen molar-refractivity contribution in [2.75, 3.05) is 0 Å². The van der Waals surface area contributed by atoms with Crippen LogP contribution in [0.1, 0.15) is 11.1 Å². The molecule has 0 unspecified atom stereocenters. The molecule has 2 aromatic carbocycles. The molecule has 0 amide bonds. The monoisotopic (exact) mass is 358 g/mol. The summed E-state index contributed by atoms with van der Waals surface area (Å²) in [5, 5.41) is 8.41. The Bertz CT molecular complexity index is 1100. The molecule has 6 nitrogen and oxygen atoms in total. The maximum atomic E-state index is 12.1. The van der Waals surface area contributed by atoms with Crippen molar-refractivity contribution >= 4 is 0 Å². The normalized spacial score (nSPS) is 10.9. The fraction of sp³-hybridized carbons (Fsp3) is 0.143. The summed E-state index contributed by atoms with van der Waals surface area (Å²) in [6, 6.07) is 20.9. The van der Waals surface area contributed by atoms with Gasteiger partial charge in [-0.15, -0.1) is 0 Å². The Kier molecular flexibility index (Phi) is 4.61. The molecule has 4 rings (SSSR count). The Morgan fingerprint density at radius 1 is 0.963 bits per heavy atom. The van der Waals surface area contributed by atoms with E-state index in [4.69, 9.17) is 4.52 Å². The third-order valence-corrected chi connectivity index (χ3v) is 4.28. The van der Waals surface area contributed by atoms with Crippen LogP contribution < -0.4 is 5.56 Å². The summed E-state index contributed by atoms with van der Waals surface area (Å²) in [7, 11) is 0. The molecule has 0 spiro atoms. The zero-order valence-electron chi connectivity index (χ0n) is 14.9. The molecule has 4 aromatic rings. The number of benzene rings is 2. The lowest BCUT2D eigenvalue weighted by Gasteiger charge is -2.05. The lowest BCUT2D eigenvalue weighted by Crippen LogP contribution is -2.23. The summed E-state index contributed by atoms with van der Waals surface area (Å²) >= 11 is 0. The van der Waals surface area contributed by atoms with Gasteiger partial charge < -0.3 is 4.52 Å². The van der Waals surface area contributed by atoms with E-state index in [0.29, 0.717) is 24.0 Å². The van der Waals surface area contributed by atoms with Crippen molar-refractivity contribution in [3.63, 3.8) is 0 Å². The molecule has 27 heavy (non-hydrogen) atoms. The van der Waals surface area contributed by atoms with E-state index in [0.717, 1.165) is 23.1 Å². The predicted octanol–water partition coefficient (Wildman–Crippen LogP) is 3.51. The molecule has 0 saturated heterocycles. The smallest absolute Gasteiger partial charge is 0.278 e. The van der Waals surface area contributed by atoms with Crippen LogP contribution in [0, 0.1) is 6.92 Å². The van der Waals surface area contributed by atoms with Crippen molar-refractivity contribution < 1.29 is 4.52 Å². The summed E-state index contributed by atoms with van der Waals surface area (Å²) in [5.41, 5.74) is 3.50. The number of aromatic nitrogens is 4.